The van der Waals surface area contributed by atoms with Crippen LogP contribution in [-0.2, 0) is 17.8 Å². The minimum absolute atomic E-state index is 0.383. The average molecular weight is 286 g/mol. The molecule has 1 heterocycles. The van der Waals surface area contributed by atoms with Gasteiger partial charge in [0, 0.05) is 19.2 Å². The van der Waals surface area contributed by atoms with E-state index in [1.54, 1.807) is 6.07 Å². The van der Waals surface area contributed by atoms with Gasteiger partial charge >= 0.3 is 0 Å². The Morgan fingerprint density at radius 1 is 1.24 bits per heavy atom. The molecule has 0 aliphatic heterocycles. The van der Waals surface area contributed by atoms with Gasteiger partial charge in [0.25, 0.3) is 0 Å². The number of nitrogens with zero attached hydrogens (tertiary/aromatic N) is 2. The summed E-state index contributed by atoms with van der Waals surface area (Å²) in [6.45, 7) is 5.85. The molecule has 0 amide bonds. The zero-order valence-electron chi connectivity index (χ0n) is 12.6. The number of hydrogen-bond acceptors (Lipinski definition) is 5. The number of benzene rings is 1. The Balaban J connectivity index is 1.91. The monoisotopic (exact) mass is 286 g/mol. The molecule has 0 unspecified atom stereocenters. The summed E-state index contributed by atoms with van der Waals surface area (Å²) < 4.78 is 5.31. The van der Waals surface area contributed by atoms with Crippen LogP contribution >= 0.6 is 0 Å². The van der Waals surface area contributed by atoms with Crippen LogP contribution < -0.4 is 11.1 Å². The van der Waals surface area contributed by atoms with Crippen LogP contribution in [0.2, 0.25) is 0 Å². The van der Waals surface area contributed by atoms with Gasteiger partial charge in [0.1, 0.15) is 18.2 Å². The number of nitrogens with one attached hydrogen (secondary N) is 1. The molecule has 0 bridgehead atoms. The number of rotatable bonds is 7. The molecule has 0 radical (unpaired) electrons. The van der Waals surface area contributed by atoms with Gasteiger partial charge in [-0.1, -0.05) is 29.8 Å². The minimum Gasteiger partial charge on any atom is -0.384 e. The Labute approximate surface area is 125 Å². The molecule has 2 rings (SSSR count). The molecule has 3 N–H and O–H groups in total. The second-order valence-corrected chi connectivity index (χ2v) is 4.90. The summed E-state index contributed by atoms with van der Waals surface area (Å²) >= 11 is 0. The van der Waals surface area contributed by atoms with Crippen LogP contribution in [0.15, 0.2) is 30.3 Å². The SMILES string of the molecule is CCOCc1nc(N)cc(NCCc2cccc(C)c2)n1. The summed E-state index contributed by atoms with van der Waals surface area (Å²) in [5.74, 6) is 1.80. The van der Waals surface area contributed by atoms with Crippen LogP contribution in [0, 0.1) is 6.92 Å². The van der Waals surface area contributed by atoms with E-state index in [4.69, 9.17) is 10.5 Å². The normalized spacial score (nSPS) is 10.6. The third kappa shape index (κ3) is 5.04. The Morgan fingerprint density at radius 2 is 2.10 bits per heavy atom. The van der Waals surface area contributed by atoms with Crippen LogP contribution in [0.3, 0.4) is 0 Å². The molecule has 1 aromatic heterocycles. The van der Waals surface area contributed by atoms with Crippen LogP contribution in [0.5, 0.6) is 0 Å². The number of anilines is 2. The number of nitrogen functional groups attached to an aromatic ring is 1. The summed E-state index contributed by atoms with van der Waals surface area (Å²) in [6, 6.07) is 10.2. The van der Waals surface area contributed by atoms with E-state index in [-0.39, 0.29) is 0 Å². The molecule has 2 aromatic rings. The standard InChI is InChI=1S/C16H22N4O/c1-3-21-11-16-19-14(17)10-15(20-16)18-8-7-13-6-4-5-12(2)9-13/h4-6,9-10H,3,7-8,11H2,1-2H3,(H3,17,18,19,20). The maximum atomic E-state index is 5.79. The molecule has 112 valence electrons. The van der Waals surface area contributed by atoms with Crippen molar-refractivity contribution in [2.45, 2.75) is 26.9 Å². The molecule has 0 fully saturated rings. The van der Waals surface area contributed by atoms with Crippen molar-refractivity contribution in [2.75, 3.05) is 24.2 Å². The lowest BCUT2D eigenvalue weighted by Crippen LogP contribution is -2.10. The van der Waals surface area contributed by atoms with E-state index in [0.717, 1.165) is 18.8 Å². The fourth-order valence-corrected chi connectivity index (χ4v) is 2.07. The van der Waals surface area contributed by atoms with Crippen molar-refractivity contribution >= 4 is 11.6 Å². The van der Waals surface area contributed by atoms with Gasteiger partial charge in [-0.05, 0) is 25.8 Å². The molecular formula is C16H22N4O. The molecular weight excluding hydrogens is 264 g/mol. The second-order valence-electron chi connectivity index (χ2n) is 4.90. The van der Waals surface area contributed by atoms with Crippen LogP contribution in [0.1, 0.15) is 23.9 Å². The number of aromatic nitrogens is 2. The zero-order chi connectivity index (χ0) is 15.1. The predicted octanol–water partition coefficient (Wildman–Crippen LogP) is 2.56. The van der Waals surface area contributed by atoms with Crippen molar-refractivity contribution in [1.82, 2.24) is 9.97 Å². The van der Waals surface area contributed by atoms with Crippen molar-refractivity contribution in [2.24, 2.45) is 0 Å². The van der Waals surface area contributed by atoms with Gasteiger partial charge in [-0.2, -0.15) is 0 Å². The fraction of sp³-hybridized carbons (Fsp3) is 0.375. The van der Waals surface area contributed by atoms with Gasteiger partial charge in [0.15, 0.2) is 5.82 Å². The van der Waals surface area contributed by atoms with Crippen LogP contribution in [-0.4, -0.2) is 23.1 Å². The third-order valence-electron chi connectivity index (χ3n) is 3.03. The first kappa shape index (κ1) is 15.3. The third-order valence-corrected chi connectivity index (χ3v) is 3.03. The van der Waals surface area contributed by atoms with E-state index in [9.17, 15) is 0 Å². The van der Waals surface area contributed by atoms with E-state index < -0.39 is 0 Å². The molecule has 0 saturated carbocycles. The van der Waals surface area contributed by atoms with Gasteiger partial charge in [-0.15, -0.1) is 0 Å². The Morgan fingerprint density at radius 3 is 2.86 bits per heavy atom. The Kier molecular flexibility index (Phi) is 5.51. The van der Waals surface area contributed by atoms with Crippen molar-refractivity contribution in [3.05, 3.63) is 47.3 Å². The molecule has 0 aliphatic rings. The second kappa shape index (κ2) is 7.59. The fourth-order valence-electron chi connectivity index (χ4n) is 2.07. The smallest absolute Gasteiger partial charge is 0.158 e. The molecule has 5 nitrogen and oxygen atoms in total. The molecule has 21 heavy (non-hydrogen) atoms. The number of hydrogen-bond donors (Lipinski definition) is 2. The molecule has 0 saturated heterocycles. The first-order valence-corrected chi connectivity index (χ1v) is 7.18. The van der Waals surface area contributed by atoms with Crippen LogP contribution in [0.4, 0.5) is 11.6 Å². The van der Waals surface area contributed by atoms with Gasteiger partial charge < -0.3 is 15.8 Å². The molecule has 0 atom stereocenters. The lowest BCUT2D eigenvalue weighted by molar-refractivity contribution is 0.128. The highest BCUT2D eigenvalue weighted by Crippen LogP contribution is 2.10. The highest BCUT2D eigenvalue weighted by atomic mass is 16.5. The summed E-state index contributed by atoms with van der Waals surface area (Å²) in [5.41, 5.74) is 8.37. The molecule has 0 aliphatic carbocycles. The summed E-state index contributed by atoms with van der Waals surface area (Å²) in [6.07, 6.45) is 0.937. The molecule has 5 heteroatoms. The van der Waals surface area contributed by atoms with Gasteiger partial charge in [0.2, 0.25) is 0 Å². The van der Waals surface area contributed by atoms with Gasteiger partial charge in [0.05, 0.1) is 0 Å². The van der Waals surface area contributed by atoms with Crippen molar-refractivity contribution < 1.29 is 4.74 Å². The Bertz CT molecular complexity index is 586. The number of ether oxygens (including phenoxy) is 1. The van der Waals surface area contributed by atoms with Gasteiger partial charge in [-0.3, -0.25) is 0 Å². The van der Waals surface area contributed by atoms with Crippen molar-refractivity contribution in [3.63, 3.8) is 0 Å². The largest absolute Gasteiger partial charge is 0.384 e. The highest BCUT2D eigenvalue weighted by molar-refractivity contribution is 5.44. The summed E-state index contributed by atoms with van der Waals surface area (Å²) in [7, 11) is 0. The van der Waals surface area contributed by atoms with Crippen molar-refractivity contribution in [3.8, 4) is 0 Å². The predicted molar refractivity (Wildman–Crippen MR) is 85.1 cm³/mol. The van der Waals surface area contributed by atoms with Crippen LogP contribution in [0.25, 0.3) is 0 Å². The van der Waals surface area contributed by atoms with E-state index in [1.807, 2.05) is 6.92 Å². The topological polar surface area (TPSA) is 73.1 Å². The molecule has 0 spiro atoms. The lowest BCUT2D eigenvalue weighted by atomic mass is 10.1. The maximum absolute atomic E-state index is 5.79. The first-order chi connectivity index (χ1) is 10.2. The summed E-state index contributed by atoms with van der Waals surface area (Å²) in [4.78, 5) is 8.54. The lowest BCUT2D eigenvalue weighted by Gasteiger charge is -2.09. The zero-order valence-corrected chi connectivity index (χ0v) is 12.6. The first-order valence-electron chi connectivity index (χ1n) is 7.18. The highest BCUT2D eigenvalue weighted by Gasteiger charge is 2.03. The number of aryl methyl sites for hydroxylation is 1. The number of nitrogens with two attached hydrogens (primary N) is 1. The van der Waals surface area contributed by atoms with Gasteiger partial charge in [-0.25, -0.2) is 9.97 Å². The Hall–Kier alpha value is -2.14. The average Bonchev–Trinajstić information content (AvgIpc) is 2.45. The van der Waals surface area contributed by atoms with E-state index in [0.29, 0.717) is 24.9 Å². The van der Waals surface area contributed by atoms with E-state index in [2.05, 4.69) is 46.5 Å². The van der Waals surface area contributed by atoms with E-state index in [1.165, 1.54) is 11.1 Å². The minimum atomic E-state index is 0.383. The maximum Gasteiger partial charge on any atom is 0.158 e. The quantitative estimate of drug-likeness (QED) is 0.818. The van der Waals surface area contributed by atoms with E-state index >= 15 is 0 Å². The van der Waals surface area contributed by atoms with Crippen molar-refractivity contribution in [1.29, 1.82) is 0 Å². The summed E-state index contributed by atoms with van der Waals surface area (Å²) in [5, 5.41) is 3.28. The molecule has 1 aromatic carbocycles.